The second kappa shape index (κ2) is 7.29. The number of ether oxygens (including phenoxy) is 3. The van der Waals surface area contributed by atoms with Crippen molar-refractivity contribution in [1.29, 1.82) is 0 Å². The van der Waals surface area contributed by atoms with Gasteiger partial charge in [0, 0.05) is 0 Å². The molecular formula is C15H14Cl6N2O5. The lowest BCUT2D eigenvalue weighted by Crippen LogP contribution is -2.69. The average molecular weight is 515 g/mol. The Balaban J connectivity index is 1.61. The van der Waals surface area contributed by atoms with Gasteiger partial charge in [0.15, 0.2) is 0 Å². The smallest absolute Gasteiger partial charge is 0.429 e. The van der Waals surface area contributed by atoms with Gasteiger partial charge < -0.3 is 14.2 Å². The number of hydrogen-bond donors (Lipinski definition) is 0. The summed E-state index contributed by atoms with van der Waals surface area (Å²) in [7, 11) is 0. The third-order valence-corrected chi connectivity index (χ3v) is 5.71. The Bertz CT molecular complexity index is 677. The van der Waals surface area contributed by atoms with Crippen LogP contribution >= 0.6 is 69.6 Å². The SMILES string of the molecule is O=C(OCC(Cl)(Cl)Cl)N1[C@@H]2C3=C(CCC3)[C@@H]([C@@H]3O[C@@H]32)N1C(=O)OCC(Cl)(Cl)Cl. The molecule has 28 heavy (non-hydrogen) atoms. The zero-order chi connectivity index (χ0) is 20.4. The van der Waals surface area contributed by atoms with Gasteiger partial charge in [0.25, 0.3) is 0 Å². The van der Waals surface area contributed by atoms with E-state index in [1.807, 2.05) is 0 Å². The molecule has 3 aliphatic heterocycles. The van der Waals surface area contributed by atoms with Crippen LogP contribution in [0.1, 0.15) is 19.3 Å². The number of carbonyl (C=O) groups is 2. The van der Waals surface area contributed by atoms with Crippen molar-refractivity contribution < 1.29 is 23.8 Å². The Morgan fingerprint density at radius 1 is 0.857 bits per heavy atom. The van der Waals surface area contributed by atoms with Crippen molar-refractivity contribution in [2.75, 3.05) is 13.2 Å². The van der Waals surface area contributed by atoms with E-state index in [0.29, 0.717) is 0 Å². The molecule has 5 rings (SSSR count). The Kier molecular flexibility index (Phi) is 5.53. The Morgan fingerprint density at radius 3 is 1.61 bits per heavy atom. The molecule has 0 spiro atoms. The van der Waals surface area contributed by atoms with Gasteiger partial charge in [0.05, 0.1) is 0 Å². The van der Waals surface area contributed by atoms with Gasteiger partial charge in [0.2, 0.25) is 7.59 Å². The van der Waals surface area contributed by atoms with E-state index in [-0.39, 0.29) is 12.2 Å². The zero-order valence-electron chi connectivity index (χ0n) is 14.0. The van der Waals surface area contributed by atoms with E-state index in [1.54, 1.807) is 0 Å². The van der Waals surface area contributed by atoms with Crippen LogP contribution in [0.15, 0.2) is 11.1 Å². The predicted octanol–water partition coefficient (Wildman–Crippen LogP) is 4.53. The molecule has 2 aliphatic carbocycles. The fraction of sp³-hybridized carbons (Fsp3) is 0.733. The molecule has 4 atom stereocenters. The fourth-order valence-corrected chi connectivity index (χ4v) is 4.50. The van der Waals surface area contributed by atoms with Crippen LogP contribution in [0.2, 0.25) is 0 Å². The summed E-state index contributed by atoms with van der Waals surface area (Å²) >= 11 is 34.0. The Hall–Kier alpha value is -0.0200. The van der Waals surface area contributed by atoms with Crippen molar-refractivity contribution in [2.24, 2.45) is 0 Å². The van der Waals surface area contributed by atoms with Crippen LogP contribution in [-0.4, -0.2) is 67.3 Å². The van der Waals surface area contributed by atoms with Gasteiger partial charge >= 0.3 is 12.2 Å². The lowest BCUT2D eigenvalue weighted by molar-refractivity contribution is -0.0751. The van der Waals surface area contributed by atoms with Crippen molar-refractivity contribution >= 4 is 81.8 Å². The van der Waals surface area contributed by atoms with Crippen LogP contribution in [0.3, 0.4) is 0 Å². The summed E-state index contributed by atoms with van der Waals surface area (Å²) in [4.78, 5) is 25.7. The number of hydrazine groups is 1. The molecule has 0 aromatic rings. The third kappa shape index (κ3) is 3.96. The molecule has 2 bridgehead atoms. The minimum absolute atomic E-state index is 0.209. The first-order valence-corrected chi connectivity index (χ1v) is 10.7. The summed E-state index contributed by atoms with van der Waals surface area (Å²) in [5.41, 5.74) is 2.17. The zero-order valence-corrected chi connectivity index (χ0v) is 18.6. The van der Waals surface area contributed by atoms with Crippen LogP contribution in [0.5, 0.6) is 0 Å². The van der Waals surface area contributed by atoms with E-state index in [0.717, 1.165) is 30.4 Å². The number of alkyl halides is 6. The number of hydrogen-bond acceptors (Lipinski definition) is 5. The molecule has 2 fully saturated rings. The molecule has 0 radical (unpaired) electrons. The topological polar surface area (TPSA) is 71.6 Å². The van der Waals surface area contributed by atoms with Crippen LogP contribution in [0.25, 0.3) is 0 Å². The van der Waals surface area contributed by atoms with Crippen LogP contribution in [-0.2, 0) is 14.2 Å². The summed E-state index contributed by atoms with van der Waals surface area (Å²) in [6, 6.07) is -0.952. The molecule has 3 heterocycles. The van der Waals surface area contributed by atoms with Crippen molar-refractivity contribution in [3.8, 4) is 0 Å². The quantitative estimate of drug-likeness (QED) is 0.307. The normalized spacial score (nSPS) is 30.9. The monoisotopic (exact) mass is 512 g/mol. The number of amides is 2. The van der Waals surface area contributed by atoms with Gasteiger partial charge in [-0.3, -0.25) is 0 Å². The third-order valence-electron chi connectivity index (χ3n) is 5.05. The minimum atomic E-state index is -1.79. The maximum Gasteiger partial charge on any atom is 0.429 e. The van der Waals surface area contributed by atoms with E-state index in [1.165, 1.54) is 10.0 Å². The van der Waals surface area contributed by atoms with E-state index in [4.69, 9.17) is 83.8 Å². The summed E-state index contributed by atoms with van der Waals surface area (Å²) in [6.45, 7) is -0.968. The summed E-state index contributed by atoms with van der Waals surface area (Å²) < 4.78 is 12.4. The van der Waals surface area contributed by atoms with Gasteiger partial charge in [-0.05, 0) is 30.4 Å². The van der Waals surface area contributed by atoms with Gasteiger partial charge in [-0.1, -0.05) is 69.6 Å². The highest BCUT2D eigenvalue weighted by Gasteiger charge is 2.68. The maximum atomic E-state index is 12.8. The van der Waals surface area contributed by atoms with E-state index >= 15 is 0 Å². The number of rotatable bonds is 2. The van der Waals surface area contributed by atoms with Gasteiger partial charge in [0.1, 0.15) is 37.5 Å². The number of halogens is 6. The highest BCUT2D eigenvalue weighted by atomic mass is 35.6. The summed E-state index contributed by atoms with van der Waals surface area (Å²) in [5, 5.41) is 2.36. The standard InChI is InChI=1S/C15H14Cl6N2O5/c16-14(17,18)4-26-12(24)22-8-6-2-1-3-7(6)9(11-10(8)28-11)23(22)13(25)27-5-15(19,20)21/h8-11H,1-5H2/t8-,9+,10-,11+. The predicted molar refractivity (Wildman–Crippen MR) is 104 cm³/mol. The van der Waals surface area contributed by atoms with Gasteiger partial charge in [-0.2, -0.15) is 0 Å². The van der Waals surface area contributed by atoms with E-state index in [9.17, 15) is 9.59 Å². The van der Waals surface area contributed by atoms with Crippen LogP contribution < -0.4 is 0 Å². The molecule has 13 heteroatoms. The molecule has 0 aromatic carbocycles. The first-order chi connectivity index (χ1) is 13.0. The van der Waals surface area contributed by atoms with Crippen molar-refractivity contribution in [3.63, 3.8) is 0 Å². The van der Waals surface area contributed by atoms with Crippen molar-refractivity contribution in [3.05, 3.63) is 11.1 Å². The lowest BCUT2D eigenvalue weighted by Gasteiger charge is -2.50. The molecule has 0 aromatic heterocycles. The second-order valence-electron chi connectivity index (χ2n) is 6.89. The first-order valence-electron chi connectivity index (χ1n) is 8.40. The van der Waals surface area contributed by atoms with Crippen molar-refractivity contribution in [1.82, 2.24) is 10.0 Å². The molecule has 0 unspecified atom stereocenters. The lowest BCUT2D eigenvalue weighted by atomic mass is 9.82. The molecule has 5 aliphatic rings. The molecule has 0 saturated carbocycles. The molecule has 156 valence electrons. The summed E-state index contributed by atoms with van der Waals surface area (Å²) in [6.07, 6.45) is 0.450. The Morgan fingerprint density at radius 2 is 1.25 bits per heavy atom. The largest absolute Gasteiger partial charge is 0.444 e. The number of fused-ring (bicyclic) bond motifs is 1. The molecule has 2 amide bonds. The average Bonchev–Trinajstić information content (AvgIpc) is 3.24. The second-order valence-corrected chi connectivity index (χ2v) is 11.9. The van der Waals surface area contributed by atoms with Crippen LogP contribution in [0.4, 0.5) is 9.59 Å². The molecule has 2 saturated heterocycles. The fourth-order valence-electron chi connectivity index (χ4n) is 4.17. The van der Waals surface area contributed by atoms with E-state index in [2.05, 4.69) is 0 Å². The van der Waals surface area contributed by atoms with Gasteiger partial charge in [-0.25, -0.2) is 19.6 Å². The number of nitrogens with zero attached hydrogens (tertiary/aromatic N) is 2. The van der Waals surface area contributed by atoms with Gasteiger partial charge in [-0.15, -0.1) is 0 Å². The maximum absolute atomic E-state index is 12.8. The number of epoxide rings is 1. The highest BCUT2D eigenvalue weighted by Crippen LogP contribution is 2.54. The van der Waals surface area contributed by atoms with Crippen molar-refractivity contribution in [2.45, 2.75) is 51.1 Å². The van der Waals surface area contributed by atoms with E-state index < -0.39 is 45.1 Å². The minimum Gasteiger partial charge on any atom is -0.444 e. The summed E-state index contributed by atoms with van der Waals surface area (Å²) in [5.74, 6) is 0. The molecular weight excluding hydrogens is 501 g/mol. The Labute approximate surface area is 190 Å². The first kappa shape index (κ1) is 21.2. The number of carbonyl (C=O) groups excluding carboxylic acids is 2. The highest BCUT2D eigenvalue weighted by molar-refractivity contribution is 6.68. The molecule has 7 nitrogen and oxygen atoms in total. The van der Waals surface area contributed by atoms with Crippen LogP contribution in [0, 0.1) is 0 Å². The molecule has 0 N–H and O–H groups in total.